The average Bonchev–Trinajstić information content (AvgIpc) is 2.97. The van der Waals surface area contributed by atoms with Gasteiger partial charge in [-0.25, -0.2) is 9.67 Å². The summed E-state index contributed by atoms with van der Waals surface area (Å²) in [6, 6.07) is 10.4. The van der Waals surface area contributed by atoms with Crippen molar-refractivity contribution in [2.45, 2.75) is 40.7 Å². The monoisotopic (exact) mass is 485 g/mol. The second-order valence-corrected chi connectivity index (χ2v) is 6.14. The van der Waals surface area contributed by atoms with Gasteiger partial charge in [0, 0.05) is 32.0 Å². The van der Waals surface area contributed by atoms with Crippen molar-refractivity contribution in [1.29, 1.82) is 0 Å². The van der Waals surface area contributed by atoms with E-state index in [4.69, 9.17) is 9.73 Å². The highest BCUT2D eigenvalue weighted by Gasteiger charge is 2.08. The second kappa shape index (κ2) is 12.7. The molecule has 0 bridgehead atoms. The molecule has 6 nitrogen and oxygen atoms in total. The first-order valence-electron chi connectivity index (χ1n) is 9.37. The number of hydrogen-bond acceptors (Lipinski definition) is 3. The molecule has 0 aliphatic carbocycles. The summed E-state index contributed by atoms with van der Waals surface area (Å²) >= 11 is 0. The van der Waals surface area contributed by atoms with Crippen LogP contribution in [0.3, 0.4) is 0 Å². The first-order valence-corrected chi connectivity index (χ1v) is 9.37. The van der Waals surface area contributed by atoms with E-state index in [-0.39, 0.29) is 24.0 Å². The zero-order chi connectivity index (χ0) is 18.8. The number of halogens is 1. The van der Waals surface area contributed by atoms with E-state index in [1.807, 2.05) is 30.7 Å². The van der Waals surface area contributed by atoms with Crippen molar-refractivity contribution in [2.75, 3.05) is 26.3 Å². The predicted molar refractivity (Wildman–Crippen MR) is 122 cm³/mol. The first-order chi connectivity index (χ1) is 12.7. The number of benzene rings is 1. The molecule has 150 valence electrons. The highest BCUT2D eigenvalue weighted by Crippen LogP contribution is 2.17. The largest absolute Gasteiger partial charge is 0.382 e. The van der Waals surface area contributed by atoms with Crippen molar-refractivity contribution in [3.8, 4) is 5.69 Å². The van der Waals surface area contributed by atoms with E-state index in [1.54, 1.807) is 0 Å². The molecule has 0 atom stereocenters. The summed E-state index contributed by atoms with van der Waals surface area (Å²) in [5, 5.41) is 11.3. The van der Waals surface area contributed by atoms with Gasteiger partial charge in [0.2, 0.25) is 0 Å². The lowest BCUT2D eigenvalue weighted by Crippen LogP contribution is -2.38. The maximum Gasteiger partial charge on any atom is 0.191 e. The van der Waals surface area contributed by atoms with Gasteiger partial charge in [-0.15, -0.1) is 24.0 Å². The number of aryl methyl sites for hydroxylation is 2. The van der Waals surface area contributed by atoms with Gasteiger partial charge < -0.3 is 15.4 Å². The maximum absolute atomic E-state index is 5.37. The molecule has 0 unspecified atom stereocenters. The van der Waals surface area contributed by atoms with Crippen molar-refractivity contribution in [3.05, 3.63) is 47.3 Å². The summed E-state index contributed by atoms with van der Waals surface area (Å²) in [5.41, 5.74) is 4.37. The van der Waals surface area contributed by atoms with Gasteiger partial charge in [0.05, 0.1) is 17.9 Å². The maximum atomic E-state index is 5.37. The molecule has 0 fully saturated rings. The Morgan fingerprint density at radius 2 is 1.96 bits per heavy atom. The Kier molecular flexibility index (Phi) is 11.0. The molecule has 2 rings (SSSR count). The fraction of sp³-hybridized carbons (Fsp3) is 0.500. The summed E-state index contributed by atoms with van der Waals surface area (Å²) < 4.78 is 7.36. The van der Waals surface area contributed by atoms with Crippen LogP contribution in [-0.2, 0) is 11.3 Å². The molecule has 0 aliphatic rings. The molecule has 1 heterocycles. The van der Waals surface area contributed by atoms with Crippen LogP contribution in [0, 0.1) is 13.8 Å². The van der Waals surface area contributed by atoms with Gasteiger partial charge in [-0.2, -0.15) is 5.10 Å². The Hall–Kier alpha value is -1.61. The van der Waals surface area contributed by atoms with Crippen LogP contribution < -0.4 is 10.6 Å². The number of hydrogen-bond donors (Lipinski definition) is 2. The van der Waals surface area contributed by atoms with Crippen LogP contribution in [0.2, 0.25) is 0 Å². The SMILES string of the molecule is CCNC(=NCc1ccccc1-n1nc(C)cc1C)NCCCOCC.I. The van der Waals surface area contributed by atoms with Crippen LogP contribution in [0.15, 0.2) is 35.3 Å². The van der Waals surface area contributed by atoms with E-state index in [0.29, 0.717) is 6.54 Å². The molecular formula is C20H32IN5O. The predicted octanol–water partition coefficient (Wildman–Crippen LogP) is 3.59. The third-order valence-corrected chi connectivity index (χ3v) is 3.94. The molecule has 0 spiro atoms. The number of nitrogens with one attached hydrogen (secondary N) is 2. The third kappa shape index (κ3) is 7.50. The molecule has 0 amide bonds. The minimum Gasteiger partial charge on any atom is -0.382 e. The summed E-state index contributed by atoms with van der Waals surface area (Å²) in [6.07, 6.45) is 0.959. The van der Waals surface area contributed by atoms with Gasteiger partial charge in [-0.3, -0.25) is 0 Å². The normalized spacial score (nSPS) is 11.2. The van der Waals surface area contributed by atoms with E-state index in [2.05, 4.69) is 47.8 Å². The summed E-state index contributed by atoms with van der Waals surface area (Å²) in [4.78, 5) is 4.74. The molecule has 1 aromatic heterocycles. The number of nitrogens with zero attached hydrogens (tertiary/aromatic N) is 3. The van der Waals surface area contributed by atoms with E-state index in [9.17, 15) is 0 Å². The highest BCUT2D eigenvalue weighted by molar-refractivity contribution is 14.0. The lowest BCUT2D eigenvalue weighted by atomic mass is 10.2. The molecule has 0 aliphatic heterocycles. The molecule has 2 N–H and O–H groups in total. The van der Waals surface area contributed by atoms with Crippen molar-refractivity contribution >= 4 is 29.9 Å². The quantitative estimate of drug-likeness (QED) is 0.247. The van der Waals surface area contributed by atoms with Crippen molar-refractivity contribution < 1.29 is 4.74 Å². The third-order valence-electron chi connectivity index (χ3n) is 3.94. The van der Waals surface area contributed by atoms with Gasteiger partial charge in [0.25, 0.3) is 0 Å². The fourth-order valence-corrected chi connectivity index (χ4v) is 2.76. The van der Waals surface area contributed by atoms with E-state index >= 15 is 0 Å². The van der Waals surface area contributed by atoms with E-state index < -0.39 is 0 Å². The number of aliphatic imine (C=N–C) groups is 1. The van der Waals surface area contributed by atoms with Crippen LogP contribution in [0.5, 0.6) is 0 Å². The van der Waals surface area contributed by atoms with Crippen LogP contribution >= 0.6 is 24.0 Å². The minimum absolute atomic E-state index is 0. The number of para-hydroxylation sites is 1. The van der Waals surface area contributed by atoms with Gasteiger partial charge in [-0.05, 0) is 51.8 Å². The first kappa shape index (κ1) is 23.4. The molecule has 0 radical (unpaired) electrons. The molecule has 27 heavy (non-hydrogen) atoms. The zero-order valence-corrected chi connectivity index (χ0v) is 19.1. The smallest absolute Gasteiger partial charge is 0.191 e. The summed E-state index contributed by atoms with van der Waals surface area (Å²) in [5.74, 6) is 0.826. The summed E-state index contributed by atoms with van der Waals surface area (Å²) in [6.45, 7) is 12.0. The van der Waals surface area contributed by atoms with Crippen molar-refractivity contribution in [3.63, 3.8) is 0 Å². The van der Waals surface area contributed by atoms with Crippen LogP contribution in [0.4, 0.5) is 0 Å². The number of guanidine groups is 1. The Bertz CT molecular complexity index is 714. The second-order valence-electron chi connectivity index (χ2n) is 6.14. The molecule has 0 saturated heterocycles. The van der Waals surface area contributed by atoms with Crippen LogP contribution in [-0.4, -0.2) is 42.0 Å². The Morgan fingerprint density at radius 1 is 1.19 bits per heavy atom. The lowest BCUT2D eigenvalue weighted by Gasteiger charge is -2.13. The Balaban J connectivity index is 0.00000364. The topological polar surface area (TPSA) is 63.5 Å². The lowest BCUT2D eigenvalue weighted by molar-refractivity contribution is 0.145. The summed E-state index contributed by atoms with van der Waals surface area (Å²) in [7, 11) is 0. The molecule has 0 saturated carbocycles. The van der Waals surface area contributed by atoms with Crippen LogP contribution in [0.1, 0.15) is 37.2 Å². The van der Waals surface area contributed by atoms with Gasteiger partial charge in [0.15, 0.2) is 5.96 Å². The number of aromatic nitrogens is 2. The minimum atomic E-state index is 0. The van der Waals surface area contributed by atoms with Crippen molar-refractivity contribution in [2.24, 2.45) is 4.99 Å². The highest BCUT2D eigenvalue weighted by atomic mass is 127. The van der Waals surface area contributed by atoms with Gasteiger partial charge in [-0.1, -0.05) is 18.2 Å². The fourth-order valence-electron chi connectivity index (χ4n) is 2.76. The molecule has 2 aromatic rings. The number of rotatable bonds is 9. The molecular weight excluding hydrogens is 453 g/mol. The molecule has 7 heteroatoms. The van der Waals surface area contributed by atoms with Gasteiger partial charge >= 0.3 is 0 Å². The van der Waals surface area contributed by atoms with Crippen LogP contribution in [0.25, 0.3) is 5.69 Å². The Labute approximate surface area is 179 Å². The Morgan fingerprint density at radius 3 is 2.63 bits per heavy atom. The molecule has 1 aromatic carbocycles. The van der Waals surface area contributed by atoms with E-state index in [1.165, 1.54) is 0 Å². The van der Waals surface area contributed by atoms with Gasteiger partial charge in [0.1, 0.15) is 0 Å². The standard InChI is InChI=1S/C20H31N5O.HI/c1-5-21-20(22-12-9-13-26-6-2)23-15-18-10-7-8-11-19(18)25-17(4)14-16(3)24-25;/h7-8,10-11,14H,5-6,9,12-13,15H2,1-4H3,(H2,21,22,23);1H. The average molecular weight is 485 g/mol. The van der Waals surface area contributed by atoms with Crippen molar-refractivity contribution in [1.82, 2.24) is 20.4 Å². The van der Waals surface area contributed by atoms with E-state index in [0.717, 1.165) is 61.3 Å². The number of ether oxygens (including phenoxy) is 1. The zero-order valence-electron chi connectivity index (χ0n) is 16.8.